The summed E-state index contributed by atoms with van der Waals surface area (Å²) in [6, 6.07) is 4.70. The van der Waals surface area contributed by atoms with Crippen LogP contribution in [-0.2, 0) is 14.3 Å². The Morgan fingerprint density at radius 2 is 1.88 bits per heavy atom. The van der Waals surface area contributed by atoms with E-state index in [1.54, 1.807) is 32.9 Å². The van der Waals surface area contributed by atoms with Crippen molar-refractivity contribution in [1.82, 2.24) is 5.32 Å². The number of rotatable bonds is 5. The molecule has 0 heterocycles. The van der Waals surface area contributed by atoms with Crippen LogP contribution >= 0.6 is 11.6 Å². The second-order valence-electron chi connectivity index (χ2n) is 6.53. The highest BCUT2D eigenvalue weighted by Crippen LogP contribution is 2.32. The van der Waals surface area contributed by atoms with Crippen molar-refractivity contribution in [3.63, 3.8) is 0 Å². The van der Waals surface area contributed by atoms with Gasteiger partial charge >= 0.3 is 17.6 Å². The Kier molecular flexibility index (Phi) is 6.37. The van der Waals surface area contributed by atoms with Crippen LogP contribution in [0.1, 0.15) is 39.3 Å². The van der Waals surface area contributed by atoms with Crippen molar-refractivity contribution >= 4 is 23.7 Å². The third-order valence-electron chi connectivity index (χ3n) is 3.38. The lowest BCUT2D eigenvalue weighted by Crippen LogP contribution is -2.55. The van der Waals surface area contributed by atoms with E-state index in [-0.39, 0.29) is 5.56 Å². The van der Waals surface area contributed by atoms with Crippen LogP contribution in [0, 0.1) is 10.1 Å². The highest BCUT2D eigenvalue weighted by Gasteiger charge is 2.56. The third-order valence-corrected chi connectivity index (χ3v) is 3.62. The van der Waals surface area contributed by atoms with Crippen molar-refractivity contribution in [1.29, 1.82) is 0 Å². The lowest BCUT2D eigenvalue weighted by molar-refractivity contribution is -0.556. The summed E-state index contributed by atoms with van der Waals surface area (Å²) in [7, 11) is 1.03. The number of alkyl carbamates (subject to hydrolysis) is 1. The molecule has 8 nitrogen and oxygen atoms in total. The van der Waals surface area contributed by atoms with Crippen LogP contribution in [0.3, 0.4) is 0 Å². The van der Waals surface area contributed by atoms with Gasteiger partial charge in [-0.3, -0.25) is 10.1 Å². The maximum absolute atomic E-state index is 12.2. The molecule has 0 aliphatic rings. The molecule has 1 aromatic rings. The number of hydrogen-bond acceptors (Lipinski definition) is 6. The Hall–Kier alpha value is -2.35. The molecular formula is C16H21ClN2O6. The predicted octanol–water partition coefficient (Wildman–Crippen LogP) is 3.11. The molecule has 9 heteroatoms. The second-order valence-corrected chi connectivity index (χ2v) is 6.97. The van der Waals surface area contributed by atoms with Gasteiger partial charge in [-0.25, -0.2) is 9.59 Å². The Balaban J connectivity index is 3.39. The van der Waals surface area contributed by atoms with E-state index in [0.29, 0.717) is 5.02 Å². The van der Waals surface area contributed by atoms with E-state index in [0.717, 1.165) is 14.0 Å². The topological polar surface area (TPSA) is 108 Å². The molecule has 0 radical (unpaired) electrons. The largest absolute Gasteiger partial charge is 0.464 e. The van der Waals surface area contributed by atoms with E-state index < -0.39 is 34.2 Å². The van der Waals surface area contributed by atoms with Crippen LogP contribution in [-0.4, -0.2) is 35.2 Å². The third kappa shape index (κ3) is 5.06. The summed E-state index contributed by atoms with van der Waals surface area (Å²) in [5.74, 6) is -1.11. The van der Waals surface area contributed by atoms with Gasteiger partial charge in [0.25, 0.3) is 0 Å². The van der Waals surface area contributed by atoms with Crippen LogP contribution in [0.4, 0.5) is 4.79 Å². The maximum Gasteiger partial charge on any atom is 0.408 e. The van der Waals surface area contributed by atoms with Gasteiger partial charge in [0.1, 0.15) is 11.6 Å². The standard InChI is InChI=1S/C16H21ClN2O6/c1-15(2,3)25-14(21)18-12(10-7-6-8-11(17)9-10)16(4,19(22)23)13(20)24-5/h6-9,12H,1-5H3,(H,18,21)/t12-,16-/m0/s1. The van der Waals surface area contributed by atoms with E-state index >= 15 is 0 Å². The summed E-state index contributed by atoms with van der Waals surface area (Å²) in [5, 5.41) is 14.4. The highest BCUT2D eigenvalue weighted by molar-refractivity contribution is 6.30. The normalized spacial score (nSPS) is 14.8. The van der Waals surface area contributed by atoms with Gasteiger partial charge in [-0.1, -0.05) is 23.7 Å². The molecule has 0 fully saturated rings. The molecule has 0 aliphatic heterocycles. The van der Waals surface area contributed by atoms with E-state index in [9.17, 15) is 19.7 Å². The summed E-state index contributed by atoms with van der Waals surface area (Å²) in [5.41, 5.74) is -2.83. The van der Waals surface area contributed by atoms with E-state index in [4.69, 9.17) is 16.3 Å². The number of ether oxygens (including phenoxy) is 2. The van der Waals surface area contributed by atoms with Crippen molar-refractivity contribution in [2.75, 3.05) is 7.11 Å². The molecule has 1 N–H and O–H groups in total. The van der Waals surface area contributed by atoms with Crippen LogP contribution in [0.25, 0.3) is 0 Å². The predicted molar refractivity (Wildman–Crippen MR) is 91.0 cm³/mol. The zero-order valence-corrected chi connectivity index (χ0v) is 15.4. The highest BCUT2D eigenvalue weighted by atomic mass is 35.5. The summed E-state index contributed by atoms with van der Waals surface area (Å²) < 4.78 is 9.74. The number of hydrogen-bond donors (Lipinski definition) is 1. The lowest BCUT2D eigenvalue weighted by Gasteiger charge is -2.30. The lowest BCUT2D eigenvalue weighted by atomic mass is 9.87. The maximum atomic E-state index is 12.2. The van der Waals surface area contributed by atoms with Crippen molar-refractivity contribution in [2.45, 2.75) is 44.9 Å². The first-order valence-electron chi connectivity index (χ1n) is 7.39. The number of amides is 1. The van der Waals surface area contributed by atoms with Crippen molar-refractivity contribution in [2.24, 2.45) is 0 Å². The molecule has 0 spiro atoms. The molecule has 0 saturated heterocycles. The number of benzene rings is 1. The molecule has 138 valence electrons. The summed E-state index contributed by atoms with van der Waals surface area (Å²) in [6.07, 6.45) is -0.908. The van der Waals surface area contributed by atoms with E-state index in [2.05, 4.69) is 10.1 Å². The molecule has 1 rings (SSSR count). The van der Waals surface area contributed by atoms with Gasteiger partial charge in [-0.05, 0) is 38.5 Å². The first kappa shape index (κ1) is 20.7. The second kappa shape index (κ2) is 7.69. The molecule has 2 atom stereocenters. The Morgan fingerprint density at radius 3 is 2.32 bits per heavy atom. The average Bonchev–Trinajstić information content (AvgIpc) is 2.49. The summed E-state index contributed by atoms with van der Waals surface area (Å²) in [4.78, 5) is 35.2. The number of methoxy groups -OCH3 is 1. The first-order valence-corrected chi connectivity index (χ1v) is 7.77. The molecule has 0 saturated carbocycles. The average molecular weight is 373 g/mol. The molecule has 1 aromatic carbocycles. The zero-order chi connectivity index (χ0) is 19.4. The number of carbonyl (C=O) groups excluding carboxylic acids is 2. The molecular weight excluding hydrogens is 352 g/mol. The quantitative estimate of drug-likeness (QED) is 0.483. The fraction of sp³-hybridized carbons (Fsp3) is 0.500. The minimum Gasteiger partial charge on any atom is -0.464 e. The summed E-state index contributed by atoms with van der Waals surface area (Å²) in [6.45, 7) is 6.01. The van der Waals surface area contributed by atoms with E-state index in [1.807, 2.05) is 0 Å². The van der Waals surface area contributed by atoms with Gasteiger partial charge in [-0.15, -0.1) is 0 Å². The Bertz CT molecular complexity index is 673. The fourth-order valence-electron chi connectivity index (χ4n) is 2.16. The van der Waals surface area contributed by atoms with Gasteiger partial charge < -0.3 is 14.8 Å². The van der Waals surface area contributed by atoms with Gasteiger partial charge in [0, 0.05) is 16.9 Å². The molecule has 0 aromatic heterocycles. The fourth-order valence-corrected chi connectivity index (χ4v) is 2.36. The molecule has 1 amide bonds. The molecule has 0 unspecified atom stereocenters. The van der Waals surface area contributed by atoms with Gasteiger partial charge in [0.05, 0.1) is 7.11 Å². The number of halogens is 1. The first-order chi connectivity index (χ1) is 11.4. The monoisotopic (exact) mass is 372 g/mol. The summed E-state index contributed by atoms with van der Waals surface area (Å²) >= 11 is 5.95. The van der Waals surface area contributed by atoms with Crippen LogP contribution in [0.15, 0.2) is 24.3 Å². The van der Waals surface area contributed by atoms with Gasteiger partial charge in [0.2, 0.25) is 0 Å². The van der Waals surface area contributed by atoms with Crippen LogP contribution in [0.2, 0.25) is 5.02 Å². The van der Waals surface area contributed by atoms with Crippen molar-refractivity contribution < 1.29 is 24.0 Å². The van der Waals surface area contributed by atoms with Crippen LogP contribution in [0.5, 0.6) is 0 Å². The number of carbonyl (C=O) groups is 2. The molecule has 0 bridgehead atoms. The SMILES string of the molecule is COC(=O)[C@](C)([C@@H](NC(=O)OC(C)(C)C)c1cccc(Cl)c1)[N+](=O)[O-]. The van der Waals surface area contributed by atoms with Crippen molar-refractivity contribution in [3.8, 4) is 0 Å². The van der Waals surface area contributed by atoms with Gasteiger partial charge in [-0.2, -0.15) is 0 Å². The minimum atomic E-state index is -2.28. The van der Waals surface area contributed by atoms with E-state index in [1.165, 1.54) is 12.1 Å². The number of nitro groups is 1. The zero-order valence-electron chi connectivity index (χ0n) is 14.7. The smallest absolute Gasteiger partial charge is 0.408 e. The molecule has 25 heavy (non-hydrogen) atoms. The molecule has 0 aliphatic carbocycles. The van der Waals surface area contributed by atoms with Crippen LogP contribution < -0.4 is 5.32 Å². The van der Waals surface area contributed by atoms with Gasteiger partial charge in [0.15, 0.2) is 0 Å². The Labute approximate surface area is 150 Å². The number of nitrogens with one attached hydrogen (secondary N) is 1. The number of esters is 1. The Morgan fingerprint density at radius 1 is 1.28 bits per heavy atom. The number of nitrogens with zero attached hydrogens (tertiary/aromatic N) is 1. The van der Waals surface area contributed by atoms with Crippen molar-refractivity contribution in [3.05, 3.63) is 45.0 Å². The minimum absolute atomic E-state index is 0.267.